The summed E-state index contributed by atoms with van der Waals surface area (Å²) in [4.78, 5) is 7.18. The molecule has 0 spiro atoms. The second-order valence-electron chi connectivity index (χ2n) is 6.73. The molecule has 0 saturated carbocycles. The number of para-hydroxylation sites is 1. The normalized spacial score (nSPS) is 24.2. The topological polar surface area (TPSA) is 46.6 Å². The van der Waals surface area contributed by atoms with Crippen LogP contribution in [0.15, 0.2) is 30.3 Å². The fourth-order valence-corrected chi connectivity index (χ4v) is 3.82. The molecule has 4 rings (SSSR count). The second kappa shape index (κ2) is 7.05. The summed E-state index contributed by atoms with van der Waals surface area (Å²) in [6.45, 7) is 4.76. The molecule has 1 aromatic carbocycles. The Hall–Kier alpha value is -1.69. The van der Waals surface area contributed by atoms with Crippen LogP contribution in [0.1, 0.15) is 18.4 Å². The fraction of sp³-hybridized carbons (Fsp3) is 0.526. The Balaban J connectivity index is 1.38. The van der Waals surface area contributed by atoms with Gasteiger partial charge in [0.15, 0.2) is 0 Å². The van der Waals surface area contributed by atoms with E-state index in [-0.39, 0.29) is 6.10 Å². The van der Waals surface area contributed by atoms with Gasteiger partial charge in [0.25, 0.3) is 0 Å². The summed E-state index contributed by atoms with van der Waals surface area (Å²) in [5.41, 5.74) is 2.06. The van der Waals surface area contributed by atoms with Crippen LogP contribution in [0.5, 0.6) is 5.88 Å². The Morgan fingerprint density at radius 2 is 2.29 bits per heavy atom. The van der Waals surface area contributed by atoms with Gasteiger partial charge in [0, 0.05) is 36.6 Å². The number of aromatic nitrogens is 1. The van der Waals surface area contributed by atoms with Gasteiger partial charge in [0.1, 0.15) is 0 Å². The van der Waals surface area contributed by atoms with Crippen LogP contribution in [0.25, 0.3) is 10.9 Å². The first kappa shape index (κ1) is 15.8. The Labute approximate surface area is 143 Å². The standard InChI is InChI=1S/C19H25N3O2/c1-23-19-15(9-14-5-2-3-7-18(14)21-19)10-20-11-17-12-22-8-4-6-16(22)13-24-17/h2-3,5,7,9,16-17,20H,4,6,8,10-13H2,1H3. The fourth-order valence-electron chi connectivity index (χ4n) is 3.82. The van der Waals surface area contributed by atoms with Crippen molar-refractivity contribution < 1.29 is 9.47 Å². The summed E-state index contributed by atoms with van der Waals surface area (Å²) in [7, 11) is 1.68. The molecule has 2 unspecified atom stereocenters. The molecular weight excluding hydrogens is 302 g/mol. The maximum Gasteiger partial charge on any atom is 0.218 e. The Kier molecular flexibility index (Phi) is 4.65. The van der Waals surface area contributed by atoms with Gasteiger partial charge in [0.05, 0.1) is 25.3 Å². The highest BCUT2D eigenvalue weighted by Crippen LogP contribution is 2.23. The second-order valence-corrected chi connectivity index (χ2v) is 6.73. The highest BCUT2D eigenvalue weighted by atomic mass is 16.5. The minimum atomic E-state index is 0.277. The summed E-state index contributed by atoms with van der Waals surface area (Å²) in [5.74, 6) is 0.699. The number of nitrogens with one attached hydrogen (secondary N) is 1. The molecule has 2 aliphatic rings. The number of nitrogens with zero attached hydrogens (tertiary/aromatic N) is 2. The highest BCUT2D eigenvalue weighted by molar-refractivity contribution is 5.80. The van der Waals surface area contributed by atoms with Crippen LogP contribution in [-0.4, -0.2) is 55.4 Å². The van der Waals surface area contributed by atoms with E-state index in [2.05, 4.69) is 27.3 Å². The number of methoxy groups -OCH3 is 1. The van der Waals surface area contributed by atoms with Gasteiger partial charge in [0.2, 0.25) is 5.88 Å². The zero-order valence-corrected chi connectivity index (χ0v) is 14.2. The maximum absolute atomic E-state index is 6.01. The van der Waals surface area contributed by atoms with Gasteiger partial charge in [-0.1, -0.05) is 18.2 Å². The van der Waals surface area contributed by atoms with Crippen molar-refractivity contribution in [2.75, 3.05) is 33.4 Å². The molecule has 1 N–H and O–H groups in total. The van der Waals surface area contributed by atoms with Gasteiger partial charge in [-0.15, -0.1) is 0 Å². The zero-order chi connectivity index (χ0) is 16.4. The summed E-state index contributed by atoms with van der Waals surface area (Å²) in [5, 5.41) is 4.66. The van der Waals surface area contributed by atoms with Crippen LogP contribution in [0, 0.1) is 0 Å². The van der Waals surface area contributed by atoms with Crippen LogP contribution in [0.3, 0.4) is 0 Å². The lowest BCUT2D eigenvalue weighted by atomic mass is 10.1. The Bertz CT molecular complexity index is 706. The molecule has 24 heavy (non-hydrogen) atoms. The maximum atomic E-state index is 6.01. The van der Waals surface area contributed by atoms with Crippen molar-refractivity contribution >= 4 is 10.9 Å². The monoisotopic (exact) mass is 327 g/mol. The van der Waals surface area contributed by atoms with E-state index in [0.717, 1.165) is 42.7 Å². The van der Waals surface area contributed by atoms with Gasteiger partial charge in [-0.05, 0) is 31.5 Å². The van der Waals surface area contributed by atoms with Gasteiger partial charge in [-0.2, -0.15) is 0 Å². The van der Waals surface area contributed by atoms with Crippen molar-refractivity contribution in [2.24, 2.45) is 0 Å². The van der Waals surface area contributed by atoms with Crippen molar-refractivity contribution in [2.45, 2.75) is 31.5 Å². The number of pyridine rings is 1. The first-order valence-electron chi connectivity index (χ1n) is 8.82. The zero-order valence-electron chi connectivity index (χ0n) is 14.2. The number of rotatable bonds is 5. The molecule has 0 aliphatic carbocycles. The average Bonchev–Trinajstić information content (AvgIpc) is 3.09. The predicted molar refractivity (Wildman–Crippen MR) is 94.3 cm³/mol. The molecule has 2 saturated heterocycles. The molecule has 2 aromatic rings. The lowest BCUT2D eigenvalue weighted by Gasteiger charge is -2.35. The van der Waals surface area contributed by atoms with Crippen molar-refractivity contribution in [3.8, 4) is 5.88 Å². The van der Waals surface area contributed by atoms with Crippen LogP contribution in [-0.2, 0) is 11.3 Å². The van der Waals surface area contributed by atoms with Crippen LogP contribution in [0.2, 0.25) is 0 Å². The molecule has 2 aliphatic heterocycles. The third-order valence-corrected chi connectivity index (χ3v) is 5.11. The summed E-state index contributed by atoms with van der Waals surface area (Å²) >= 11 is 0. The molecule has 0 bridgehead atoms. The van der Waals surface area contributed by atoms with Crippen LogP contribution >= 0.6 is 0 Å². The summed E-state index contributed by atoms with van der Waals surface area (Å²) in [6.07, 6.45) is 2.88. The quantitative estimate of drug-likeness (QED) is 0.912. The average molecular weight is 327 g/mol. The van der Waals surface area contributed by atoms with E-state index in [4.69, 9.17) is 9.47 Å². The third-order valence-electron chi connectivity index (χ3n) is 5.11. The van der Waals surface area contributed by atoms with E-state index < -0.39 is 0 Å². The van der Waals surface area contributed by atoms with Crippen LogP contribution in [0.4, 0.5) is 0 Å². The van der Waals surface area contributed by atoms with Gasteiger partial charge < -0.3 is 14.8 Å². The lowest BCUT2D eigenvalue weighted by Crippen LogP contribution is -2.49. The first-order valence-corrected chi connectivity index (χ1v) is 8.82. The van der Waals surface area contributed by atoms with E-state index in [1.807, 2.05) is 18.2 Å². The smallest absolute Gasteiger partial charge is 0.218 e. The number of fused-ring (bicyclic) bond motifs is 2. The molecule has 2 fully saturated rings. The summed E-state index contributed by atoms with van der Waals surface area (Å²) < 4.78 is 11.5. The van der Waals surface area contributed by atoms with Gasteiger partial charge in [-0.3, -0.25) is 4.90 Å². The number of benzene rings is 1. The largest absolute Gasteiger partial charge is 0.481 e. The van der Waals surface area contributed by atoms with Crippen molar-refractivity contribution in [3.05, 3.63) is 35.9 Å². The number of hydrogen-bond donors (Lipinski definition) is 1. The number of ether oxygens (including phenoxy) is 2. The van der Waals surface area contributed by atoms with Crippen LogP contribution < -0.4 is 10.1 Å². The summed E-state index contributed by atoms with van der Waals surface area (Å²) in [6, 6.07) is 11.0. The number of hydrogen-bond acceptors (Lipinski definition) is 5. The molecule has 0 radical (unpaired) electrons. The molecular formula is C19H25N3O2. The van der Waals surface area contributed by atoms with Gasteiger partial charge in [-0.25, -0.2) is 4.98 Å². The van der Waals surface area contributed by atoms with Crippen molar-refractivity contribution in [1.82, 2.24) is 15.2 Å². The van der Waals surface area contributed by atoms with E-state index in [0.29, 0.717) is 11.9 Å². The Morgan fingerprint density at radius 1 is 1.38 bits per heavy atom. The SMILES string of the molecule is COc1nc2ccccc2cc1CNCC1CN2CCCC2CO1. The highest BCUT2D eigenvalue weighted by Gasteiger charge is 2.31. The number of morpholine rings is 1. The lowest BCUT2D eigenvalue weighted by molar-refractivity contribution is -0.0470. The van der Waals surface area contributed by atoms with E-state index in [1.165, 1.54) is 19.4 Å². The third kappa shape index (κ3) is 3.24. The van der Waals surface area contributed by atoms with Crippen molar-refractivity contribution in [1.29, 1.82) is 0 Å². The molecule has 3 heterocycles. The molecule has 5 nitrogen and oxygen atoms in total. The molecule has 5 heteroatoms. The minimum Gasteiger partial charge on any atom is -0.481 e. The van der Waals surface area contributed by atoms with E-state index >= 15 is 0 Å². The molecule has 1 aromatic heterocycles. The predicted octanol–water partition coefficient (Wildman–Crippen LogP) is 2.20. The first-order chi connectivity index (χ1) is 11.8. The van der Waals surface area contributed by atoms with E-state index in [9.17, 15) is 0 Å². The molecule has 0 amide bonds. The van der Waals surface area contributed by atoms with E-state index in [1.54, 1.807) is 7.11 Å². The minimum absolute atomic E-state index is 0.277. The Morgan fingerprint density at radius 3 is 3.21 bits per heavy atom. The van der Waals surface area contributed by atoms with Crippen molar-refractivity contribution in [3.63, 3.8) is 0 Å². The van der Waals surface area contributed by atoms with Gasteiger partial charge >= 0.3 is 0 Å². The molecule has 2 atom stereocenters. The molecule has 128 valence electrons.